The van der Waals surface area contributed by atoms with Crippen LogP contribution in [0.5, 0.6) is 0 Å². The van der Waals surface area contributed by atoms with Gasteiger partial charge in [-0.3, -0.25) is 0 Å². The number of aliphatic hydroxyl groups excluding tert-OH is 1. The molecule has 0 aromatic carbocycles. The lowest BCUT2D eigenvalue weighted by molar-refractivity contribution is 0.145. The fraction of sp³-hybridized carbons (Fsp3) is 1.00. The number of hydrogen-bond acceptors (Lipinski definition) is 3. The second-order valence-electron chi connectivity index (χ2n) is 3.41. The zero-order chi connectivity index (χ0) is 8.81. The number of ether oxygens (including phenoxy) is 1. The molecule has 3 heteroatoms. The van der Waals surface area contributed by atoms with Crippen molar-refractivity contribution in [2.24, 2.45) is 0 Å². The molecule has 0 saturated heterocycles. The van der Waals surface area contributed by atoms with Crippen molar-refractivity contribution in [2.75, 3.05) is 20.3 Å². The van der Waals surface area contributed by atoms with E-state index in [-0.39, 0.29) is 6.10 Å². The Morgan fingerprint density at radius 1 is 1.50 bits per heavy atom. The Balaban J connectivity index is 1.98. The molecule has 0 radical (unpaired) electrons. The summed E-state index contributed by atoms with van der Waals surface area (Å²) in [6.45, 7) is 1.76. The summed E-state index contributed by atoms with van der Waals surface area (Å²) in [6.07, 6.45) is 4.14. The first-order valence-corrected chi connectivity index (χ1v) is 4.75. The van der Waals surface area contributed by atoms with Gasteiger partial charge in [-0.1, -0.05) is 0 Å². The second kappa shape index (κ2) is 5.51. The highest BCUT2D eigenvalue weighted by Gasteiger charge is 2.23. The van der Waals surface area contributed by atoms with Gasteiger partial charge in [-0.15, -0.1) is 0 Å². The van der Waals surface area contributed by atoms with Crippen LogP contribution < -0.4 is 5.32 Å². The van der Waals surface area contributed by atoms with Gasteiger partial charge < -0.3 is 15.2 Å². The Hall–Kier alpha value is -0.120. The van der Waals surface area contributed by atoms with Gasteiger partial charge >= 0.3 is 0 Å². The molecule has 1 rings (SSSR count). The average molecular weight is 173 g/mol. The van der Waals surface area contributed by atoms with Gasteiger partial charge in [0.15, 0.2) is 0 Å². The summed E-state index contributed by atoms with van der Waals surface area (Å²) < 4.78 is 4.93. The summed E-state index contributed by atoms with van der Waals surface area (Å²) in [4.78, 5) is 0. The van der Waals surface area contributed by atoms with Crippen LogP contribution in [-0.4, -0.2) is 37.5 Å². The van der Waals surface area contributed by atoms with Crippen molar-refractivity contribution in [1.82, 2.24) is 5.32 Å². The normalized spacial score (nSPS) is 29.5. The maximum absolute atomic E-state index is 9.45. The third-order valence-electron chi connectivity index (χ3n) is 2.41. The van der Waals surface area contributed by atoms with E-state index in [1.165, 1.54) is 0 Å². The molecule has 1 saturated carbocycles. The molecule has 0 aliphatic heterocycles. The number of hydrogen-bond donors (Lipinski definition) is 2. The molecule has 0 bridgehead atoms. The van der Waals surface area contributed by atoms with Gasteiger partial charge in [0.25, 0.3) is 0 Å². The number of methoxy groups -OCH3 is 1. The first-order valence-electron chi connectivity index (χ1n) is 4.75. The van der Waals surface area contributed by atoms with Crippen molar-refractivity contribution < 1.29 is 9.84 Å². The third kappa shape index (κ3) is 3.09. The van der Waals surface area contributed by atoms with Crippen LogP contribution >= 0.6 is 0 Å². The van der Waals surface area contributed by atoms with E-state index >= 15 is 0 Å². The van der Waals surface area contributed by atoms with E-state index in [1.54, 1.807) is 7.11 Å². The van der Waals surface area contributed by atoms with Crippen LogP contribution in [0.1, 0.15) is 25.7 Å². The van der Waals surface area contributed by atoms with Crippen molar-refractivity contribution in [3.05, 3.63) is 0 Å². The van der Waals surface area contributed by atoms with Crippen LogP contribution in [0.15, 0.2) is 0 Å². The summed E-state index contributed by atoms with van der Waals surface area (Å²) in [5, 5.41) is 12.8. The quantitative estimate of drug-likeness (QED) is 0.596. The summed E-state index contributed by atoms with van der Waals surface area (Å²) in [7, 11) is 1.71. The zero-order valence-corrected chi connectivity index (χ0v) is 7.75. The van der Waals surface area contributed by atoms with Crippen molar-refractivity contribution >= 4 is 0 Å². The molecule has 0 heterocycles. The molecular weight excluding hydrogens is 154 g/mol. The van der Waals surface area contributed by atoms with Crippen molar-refractivity contribution in [1.29, 1.82) is 0 Å². The largest absolute Gasteiger partial charge is 0.392 e. The predicted octanol–water partition coefficient (Wildman–Crippen LogP) is 0.526. The Bertz CT molecular complexity index is 119. The van der Waals surface area contributed by atoms with Crippen molar-refractivity contribution in [3.63, 3.8) is 0 Å². The monoisotopic (exact) mass is 173 g/mol. The highest BCUT2D eigenvalue weighted by molar-refractivity contribution is 4.82. The molecule has 72 valence electrons. The molecule has 2 unspecified atom stereocenters. The molecular formula is C9H19NO2. The van der Waals surface area contributed by atoms with E-state index in [1.807, 2.05) is 0 Å². The Morgan fingerprint density at radius 2 is 2.33 bits per heavy atom. The highest BCUT2D eigenvalue weighted by atomic mass is 16.5. The lowest BCUT2D eigenvalue weighted by atomic mass is 10.2. The van der Waals surface area contributed by atoms with Gasteiger partial charge in [0.05, 0.1) is 6.10 Å². The Kier molecular flexibility index (Phi) is 4.58. The first-order chi connectivity index (χ1) is 5.84. The van der Waals surface area contributed by atoms with Gasteiger partial charge in [-0.05, 0) is 32.2 Å². The Labute approximate surface area is 74.1 Å². The zero-order valence-electron chi connectivity index (χ0n) is 7.75. The molecule has 1 fully saturated rings. The average Bonchev–Trinajstić information content (AvgIpc) is 2.46. The van der Waals surface area contributed by atoms with Crippen LogP contribution in [0.3, 0.4) is 0 Å². The van der Waals surface area contributed by atoms with Crippen LogP contribution in [0.25, 0.3) is 0 Å². The fourth-order valence-electron chi connectivity index (χ4n) is 1.68. The van der Waals surface area contributed by atoms with Crippen LogP contribution in [0, 0.1) is 0 Å². The van der Waals surface area contributed by atoms with Crippen LogP contribution in [0.4, 0.5) is 0 Å². The van der Waals surface area contributed by atoms with E-state index in [0.717, 1.165) is 38.8 Å². The smallest absolute Gasteiger partial charge is 0.0693 e. The van der Waals surface area contributed by atoms with E-state index in [4.69, 9.17) is 4.74 Å². The molecule has 0 aromatic rings. The second-order valence-corrected chi connectivity index (χ2v) is 3.41. The van der Waals surface area contributed by atoms with Gasteiger partial charge in [-0.2, -0.15) is 0 Å². The molecule has 0 spiro atoms. The lowest BCUT2D eigenvalue weighted by Gasteiger charge is -2.15. The summed E-state index contributed by atoms with van der Waals surface area (Å²) in [5.41, 5.74) is 0. The van der Waals surface area contributed by atoms with Crippen molar-refractivity contribution in [2.45, 2.75) is 37.8 Å². The van der Waals surface area contributed by atoms with E-state index in [2.05, 4.69) is 5.32 Å². The molecule has 2 atom stereocenters. The number of aliphatic hydroxyl groups is 1. The SMILES string of the molecule is COCCCNC1CCCC1O. The third-order valence-corrected chi connectivity index (χ3v) is 2.41. The van der Waals surface area contributed by atoms with Crippen LogP contribution in [-0.2, 0) is 4.74 Å². The maximum Gasteiger partial charge on any atom is 0.0693 e. The van der Waals surface area contributed by atoms with Gasteiger partial charge in [-0.25, -0.2) is 0 Å². The number of rotatable bonds is 5. The minimum Gasteiger partial charge on any atom is -0.392 e. The Morgan fingerprint density at radius 3 is 2.92 bits per heavy atom. The molecule has 1 aliphatic rings. The molecule has 0 amide bonds. The van der Waals surface area contributed by atoms with E-state index in [0.29, 0.717) is 6.04 Å². The van der Waals surface area contributed by atoms with Crippen molar-refractivity contribution in [3.8, 4) is 0 Å². The van der Waals surface area contributed by atoms with Crippen LogP contribution in [0.2, 0.25) is 0 Å². The summed E-state index contributed by atoms with van der Waals surface area (Å²) in [5.74, 6) is 0. The predicted molar refractivity (Wildman–Crippen MR) is 48.1 cm³/mol. The molecule has 2 N–H and O–H groups in total. The van der Waals surface area contributed by atoms with E-state index in [9.17, 15) is 5.11 Å². The lowest BCUT2D eigenvalue weighted by Crippen LogP contribution is -2.36. The molecule has 3 nitrogen and oxygen atoms in total. The first kappa shape index (κ1) is 9.96. The molecule has 12 heavy (non-hydrogen) atoms. The maximum atomic E-state index is 9.45. The minimum absolute atomic E-state index is 0.118. The topological polar surface area (TPSA) is 41.5 Å². The van der Waals surface area contributed by atoms with Gasteiger partial charge in [0.2, 0.25) is 0 Å². The van der Waals surface area contributed by atoms with Gasteiger partial charge in [0, 0.05) is 19.8 Å². The molecule has 1 aliphatic carbocycles. The fourth-order valence-corrected chi connectivity index (χ4v) is 1.68. The highest BCUT2D eigenvalue weighted by Crippen LogP contribution is 2.18. The standard InChI is InChI=1S/C9H19NO2/c1-12-7-3-6-10-8-4-2-5-9(8)11/h8-11H,2-7H2,1H3. The number of nitrogens with one attached hydrogen (secondary N) is 1. The van der Waals surface area contributed by atoms with Gasteiger partial charge in [0.1, 0.15) is 0 Å². The minimum atomic E-state index is -0.118. The van der Waals surface area contributed by atoms with E-state index < -0.39 is 0 Å². The summed E-state index contributed by atoms with van der Waals surface area (Å²) >= 11 is 0. The summed E-state index contributed by atoms with van der Waals surface area (Å²) in [6, 6.07) is 0.335. The molecule has 0 aromatic heterocycles.